The quantitative estimate of drug-likeness (QED) is 0.399. The largest absolute Gasteiger partial charge is 0.449 e. The zero-order valence-corrected chi connectivity index (χ0v) is 20.5. The Kier molecular flexibility index (Phi) is 6.52. The highest BCUT2D eigenvalue weighted by molar-refractivity contribution is 5.94. The van der Waals surface area contributed by atoms with Gasteiger partial charge in [0, 0.05) is 37.6 Å². The number of hydrogen-bond acceptors (Lipinski definition) is 8. The number of fused-ring (bicyclic) bond motifs is 1. The van der Waals surface area contributed by atoms with Gasteiger partial charge >= 0.3 is 5.97 Å². The molecule has 5 heterocycles. The Balaban J connectivity index is 1.44. The molecule has 0 bridgehead atoms. The molecule has 9 nitrogen and oxygen atoms in total. The number of anilines is 3. The first-order valence-electron chi connectivity index (χ1n) is 12.0. The van der Waals surface area contributed by atoms with Crippen LogP contribution in [0.4, 0.5) is 26.1 Å². The fourth-order valence-corrected chi connectivity index (χ4v) is 4.53. The number of pyridine rings is 2. The summed E-state index contributed by atoms with van der Waals surface area (Å²) in [6, 6.07) is 5.35. The molecule has 37 heavy (non-hydrogen) atoms. The number of carbonyl (C=O) groups is 1. The predicted octanol–water partition coefficient (Wildman–Crippen LogP) is 3.41. The fourth-order valence-electron chi connectivity index (χ4n) is 4.53. The number of ether oxygens (including phenoxy) is 1. The number of esters is 1. The minimum absolute atomic E-state index is 0.0462. The van der Waals surface area contributed by atoms with Gasteiger partial charge in [0.25, 0.3) is 6.43 Å². The molecule has 5 rings (SSSR count). The van der Waals surface area contributed by atoms with E-state index in [1.165, 1.54) is 17.1 Å². The Hall–Kier alpha value is -4.04. The maximum atomic E-state index is 12.6. The number of hydrogen-bond donors (Lipinski definition) is 2. The van der Waals surface area contributed by atoms with Crippen LogP contribution < -0.4 is 16.0 Å². The molecule has 0 amide bonds. The average Bonchev–Trinajstić information content (AvgIpc) is 3.38. The van der Waals surface area contributed by atoms with Gasteiger partial charge in [-0.2, -0.15) is 5.10 Å². The number of carbonyl (C=O) groups excluding carboxylic acids is 1. The van der Waals surface area contributed by atoms with E-state index in [1.807, 2.05) is 6.07 Å². The number of alkyl halides is 2. The van der Waals surface area contributed by atoms with Gasteiger partial charge in [0.05, 0.1) is 28.6 Å². The smallest absolute Gasteiger partial charge is 0.341 e. The number of aromatic nitrogens is 4. The van der Waals surface area contributed by atoms with Gasteiger partial charge in [-0.1, -0.05) is 11.8 Å². The predicted molar refractivity (Wildman–Crippen MR) is 134 cm³/mol. The van der Waals surface area contributed by atoms with Crippen molar-refractivity contribution >= 4 is 23.3 Å². The second-order valence-corrected chi connectivity index (χ2v) is 9.64. The van der Waals surface area contributed by atoms with Crippen LogP contribution in [0.25, 0.3) is 0 Å². The van der Waals surface area contributed by atoms with Gasteiger partial charge in [-0.25, -0.2) is 23.5 Å². The van der Waals surface area contributed by atoms with Crippen LogP contribution in [0.3, 0.4) is 0 Å². The average molecular weight is 508 g/mol. The normalized spacial score (nSPS) is 18.3. The molecule has 2 aliphatic heterocycles. The number of nitrogens with zero attached hydrogens (tertiary/aromatic N) is 5. The molecule has 3 N–H and O–H groups in total. The van der Waals surface area contributed by atoms with E-state index in [2.05, 4.69) is 37.1 Å². The fraction of sp³-hybridized carbons (Fsp3) is 0.385. The summed E-state index contributed by atoms with van der Waals surface area (Å²) in [5.41, 5.74) is 8.53. The Morgan fingerprint density at radius 3 is 2.89 bits per heavy atom. The molecular weight excluding hydrogens is 480 g/mol. The molecule has 11 heteroatoms. The molecule has 1 fully saturated rings. The monoisotopic (exact) mass is 507 g/mol. The molecular formula is C26H27F2N7O2. The Morgan fingerprint density at radius 1 is 1.27 bits per heavy atom. The third-order valence-electron chi connectivity index (χ3n) is 6.27. The van der Waals surface area contributed by atoms with E-state index in [-0.39, 0.29) is 12.0 Å². The van der Waals surface area contributed by atoms with Crippen LogP contribution in [0.5, 0.6) is 0 Å². The second kappa shape index (κ2) is 9.78. The van der Waals surface area contributed by atoms with Crippen LogP contribution in [0.15, 0.2) is 36.8 Å². The number of halogens is 2. The first kappa shape index (κ1) is 24.6. The van der Waals surface area contributed by atoms with E-state index in [0.29, 0.717) is 40.6 Å². The molecule has 2 aliphatic rings. The molecule has 3 aromatic heterocycles. The van der Waals surface area contributed by atoms with Crippen molar-refractivity contribution in [2.75, 3.05) is 23.3 Å². The van der Waals surface area contributed by atoms with Crippen LogP contribution in [-0.4, -0.2) is 51.3 Å². The molecule has 1 atom stereocenters. The van der Waals surface area contributed by atoms with Crippen molar-refractivity contribution in [1.29, 1.82) is 0 Å². The summed E-state index contributed by atoms with van der Waals surface area (Å²) < 4.78 is 31.9. The van der Waals surface area contributed by atoms with Crippen molar-refractivity contribution in [2.24, 2.45) is 5.73 Å². The lowest BCUT2D eigenvalue weighted by Crippen LogP contribution is -2.43. The van der Waals surface area contributed by atoms with Gasteiger partial charge in [0.1, 0.15) is 29.5 Å². The standard InChI is InChI=1S/C26H27F2N7O2/c1-26(2)24-19(25(36)37-26)7-8-22(33-24)32-23-10-20(34-9-3-4-18(29)14-34)17(12-30-23)6-5-16-11-31-35(13-16)15-21(27)28/h7-8,10-13,18,21H,3-4,9,14-15,29H2,1-2H3,(H,30,32,33)/t18-/m0/s1. The van der Waals surface area contributed by atoms with Gasteiger partial charge in [-0.3, -0.25) is 4.68 Å². The lowest BCUT2D eigenvalue weighted by Gasteiger charge is -2.33. The molecule has 0 spiro atoms. The molecule has 0 unspecified atom stereocenters. The Labute approximate surface area is 213 Å². The van der Waals surface area contributed by atoms with Gasteiger partial charge in [-0.15, -0.1) is 0 Å². The molecule has 0 aromatic carbocycles. The van der Waals surface area contributed by atoms with E-state index in [9.17, 15) is 13.6 Å². The molecule has 0 radical (unpaired) electrons. The minimum atomic E-state index is -2.49. The maximum Gasteiger partial charge on any atom is 0.341 e. The zero-order chi connectivity index (χ0) is 26.2. The van der Waals surface area contributed by atoms with Crippen molar-refractivity contribution in [2.45, 2.75) is 51.3 Å². The highest BCUT2D eigenvalue weighted by Crippen LogP contribution is 2.35. The van der Waals surface area contributed by atoms with E-state index in [4.69, 9.17) is 10.5 Å². The first-order valence-corrected chi connectivity index (χ1v) is 12.0. The molecule has 0 saturated carbocycles. The third kappa shape index (κ3) is 5.39. The van der Waals surface area contributed by atoms with Gasteiger partial charge in [-0.05, 0) is 38.8 Å². The Morgan fingerprint density at radius 2 is 2.11 bits per heavy atom. The summed E-state index contributed by atoms with van der Waals surface area (Å²) in [5.74, 6) is 6.82. The third-order valence-corrected chi connectivity index (χ3v) is 6.27. The van der Waals surface area contributed by atoms with Gasteiger partial charge < -0.3 is 20.7 Å². The van der Waals surface area contributed by atoms with E-state index >= 15 is 0 Å². The summed E-state index contributed by atoms with van der Waals surface area (Å²) in [5, 5.41) is 7.16. The molecule has 3 aromatic rings. The molecule has 1 saturated heterocycles. The number of cyclic esters (lactones) is 1. The number of rotatable bonds is 5. The van der Waals surface area contributed by atoms with Gasteiger partial charge in [0.15, 0.2) is 0 Å². The number of nitrogens with one attached hydrogen (secondary N) is 1. The summed E-state index contributed by atoms with van der Waals surface area (Å²) in [6.45, 7) is 4.62. The van der Waals surface area contributed by atoms with Crippen molar-refractivity contribution in [3.63, 3.8) is 0 Å². The lowest BCUT2D eigenvalue weighted by atomic mass is 10.0. The van der Waals surface area contributed by atoms with E-state index in [0.717, 1.165) is 25.1 Å². The maximum absolute atomic E-state index is 12.6. The molecule has 0 aliphatic carbocycles. The van der Waals surface area contributed by atoms with Crippen LogP contribution in [0.1, 0.15) is 53.9 Å². The van der Waals surface area contributed by atoms with Crippen molar-refractivity contribution in [1.82, 2.24) is 19.7 Å². The van der Waals surface area contributed by atoms with Crippen molar-refractivity contribution in [3.05, 3.63) is 59.2 Å². The summed E-state index contributed by atoms with van der Waals surface area (Å²) in [6.07, 6.45) is 4.04. The molecule has 192 valence electrons. The van der Waals surface area contributed by atoms with Crippen molar-refractivity contribution < 1.29 is 18.3 Å². The highest BCUT2D eigenvalue weighted by Gasteiger charge is 2.39. The lowest BCUT2D eigenvalue weighted by molar-refractivity contribution is 0.00833. The first-order chi connectivity index (χ1) is 17.7. The number of piperidine rings is 1. The SMILES string of the molecule is CC1(C)OC(=O)c2ccc(Nc3cc(N4CCC[C@H](N)C4)c(C#Cc4cnn(CC(F)F)c4)cn3)nc21. The van der Waals surface area contributed by atoms with E-state index < -0.39 is 18.6 Å². The second-order valence-electron chi connectivity index (χ2n) is 9.64. The van der Waals surface area contributed by atoms with Crippen LogP contribution in [0, 0.1) is 11.8 Å². The highest BCUT2D eigenvalue weighted by atomic mass is 19.3. The van der Waals surface area contributed by atoms with Crippen LogP contribution >= 0.6 is 0 Å². The summed E-state index contributed by atoms with van der Waals surface area (Å²) in [7, 11) is 0. The van der Waals surface area contributed by atoms with Crippen LogP contribution in [-0.2, 0) is 16.9 Å². The summed E-state index contributed by atoms with van der Waals surface area (Å²) in [4.78, 5) is 23.4. The van der Waals surface area contributed by atoms with Crippen molar-refractivity contribution in [3.8, 4) is 11.8 Å². The van der Waals surface area contributed by atoms with Crippen LogP contribution in [0.2, 0.25) is 0 Å². The Bertz CT molecular complexity index is 1390. The summed E-state index contributed by atoms with van der Waals surface area (Å²) >= 11 is 0. The zero-order valence-electron chi connectivity index (χ0n) is 20.5. The topological polar surface area (TPSA) is 111 Å². The van der Waals surface area contributed by atoms with E-state index in [1.54, 1.807) is 32.2 Å². The minimum Gasteiger partial charge on any atom is -0.449 e. The number of nitrogens with two attached hydrogens (primary N) is 1. The van der Waals surface area contributed by atoms with Gasteiger partial charge in [0.2, 0.25) is 0 Å².